The van der Waals surface area contributed by atoms with Gasteiger partial charge < -0.3 is 33.7 Å². The van der Waals surface area contributed by atoms with Crippen molar-refractivity contribution in [3.8, 4) is 17.4 Å². The zero-order valence-corrected chi connectivity index (χ0v) is 31.2. The number of nitro benzene ring substituents is 1. The molecule has 1 N–H and O–H groups in total. The smallest absolute Gasteiger partial charge is 0.303 e. The number of hydrogen-bond acceptors (Lipinski definition) is 16. The third-order valence-electron chi connectivity index (χ3n) is 9.50. The molecule has 1 aliphatic carbocycles. The van der Waals surface area contributed by atoms with Gasteiger partial charge in [-0.05, 0) is 11.6 Å². The Morgan fingerprint density at radius 1 is 0.982 bits per heavy atom. The molecule has 0 amide bonds. The van der Waals surface area contributed by atoms with E-state index < -0.39 is 35.3 Å². The van der Waals surface area contributed by atoms with Crippen LogP contribution in [0.4, 0.5) is 11.6 Å². The fourth-order valence-corrected chi connectivity index (χ4v) is 6.87. The summed E-state index contributed by atoms with van der Waals surface area (Å²) in [6.45, 7) is 2.45. The summed E-state index contributed by atoms with van der Waals surface area (Å²) in [5.41, 5.74) is 2.51. The summed E-state index contributed by atoms with van der Waals surface area (Å²) in [5.74, 6) is -1.19. The van der Waals surface area contributed by atoms with Gasteiger partial charge in [-0.25, -0.2) is 4.98 Å². The van der Waals surface area contributed by atoms with E-state index in [1.54, 1.807) is 41.0 Å². The van der Waals surface area contributed by atoms with E-state index >= 15 is 0 Å². The standard InChI is InChI=1S/C39H36N6O12/c1-20(46)55-18-30-29(56-21(2)47)16-31(57-30)44-19-41-33-37(44)42-39(43-38(33)54-14-13-22-9-11-23(12-10-22)45(50)51)40-17-27-28(52-3)15-26-32(36(27)53-4)35(49)25-8-6-5-7-24(25)34(26)48/h5-12,15,19,29-31H,13-14,16-18H2,1-4H3,(H,40,42,43)/t29-,30+,31+/m0/s1. The Hall–Kier alpha value is -6.95. The van der Waals surface area contributed by atoms with Crippen LogP contribution in [0.15, 0.2) is 60.9 Å². The second-order valence-corrected chi connectivity index (χ2v) is 13.1. The number of carbonyl (C=O) groups is 4. The van der Waals surface area contributed by atoms with Gasteiger partial charge in [-0.1, -0.05) is 36.4 Å². The van der Waals surface area contributed by atoms with Crippen LogP contribution in [0.1, 0.15) is 69.5 Å². The lowest BCUT2D eigenvalue weighted by Gasteiger charge is -2.23. The molecular weight excluding hydrogens is 744 g/mol. The first-order valence-electron chi connectivity index (χ1n) is 17.7. The van der Waals surface area contributed by atoms with Crippen molar-refractivity contribution < 1.29 is 52.5 Å². The van der Waals surface area contributed by atoms with E-state index in [1.165, 1.54) is 52.6 Å². The predicted molar refractivity (Wildman–Crippen MR) is 199 cm³/mol. The van der Waals surface area contributed by atoms with Crippen LogP contribution in [0.5, 0.6) is 17.4 Å². The highest BCUT2D eigenvalue weighted by Gasteiger charge is 2.40. The lowest BCUT2D eigenvalue weighted by molar-refractivity contribution is -0.384. The number of nitro groups is 1. The van der Waals surface area contributed by atoms with Gasteiger partial charge in [0.1, 0.15) is 36.5 Å². The number of ether oxygens (including phenoxy) is 6. The fourth-order valence-electron chi connectivity index (χ4n) is 6.87. The second kappa shape index (κ2) is 16.0. The van der Waals surface area contributed by atoms with Crippen molar-refractivity contribution in [1.29, 1.82) is 0 Å². The molecule has 0 saturated carbocycles. The number of fused-ring (bicyclic) bond motifs is 3. The number of esters is 2. The molecule has 0 bridgehead atoms. The van der Waals surface area contributed by atoms with E-state index in [4.69, 9.17) is 33.4 Å². The number of non-ortho nitro benzene ring substituents is 1. The zero-order valence-electron chi connectivity index (χ0n) is 31.2. The number of hydrogen-bond donors (Lipinski definition) is 1. The van der Waals surface area contributed by atoms with Crippen LogP contribution < -0.4 is 19.5 Å². The van der Waals surface area contributed by atoms with Crippen LogP contribution >= 0.6 is 0 Å². The molecule has 18 nitrogen and oxygen atoms in total. The van der Waals surface area contributed by atoms with E-state index in [2.05, 4.69) is 15.3 Å². The van der Waals surface area contributed by atoms with Crippen molar-refractivity contribution in [3.05, 3.63) is 104 Å². The lowest BCUT2D eigenvalue weighted by atomic mass is 9.82. The topological polar surface area (TPSA) is 222 Å². The van der Waals surface area contributed by atoms with Gasteiger partial charge in [0.05, 0.1) is 49.7 Å². The number of carbonyl (C=O) groups excluding carboxylic acids is 4. The van der Waals surface area contributed by atoms with Crippen molar-refractivity contribution in [3.63, 3.8) is 0 Å². The summed E-state index contributed by atoms with van der Waals surface area (Å²) >= 11 is 0. The molecule has 3 aromatic carbocycles. The molecule has 3 atom stereocenters. The second-order valence-electron chi connectivity index (χ2n) is 13.1. The summed E-state index contributed by atoms with van der Waals surface area (Å²) in [6.07, 6.45) is -0.247. The van der Waals surface area contributed by atoms with Crippen LogP contribution in [-0.2, 0) is 36.8 Å². The maximum atomic E-state index is 13.8. The molecule has 2 aromatic heterocycles. The third-order valence-corrected chi connectivity index (χ3v) is 9.50. The monoisotopic (exact) mass is 780 g/mol. The van der Waals surface area contributed by atoms with Gasteiger partial charge in [0.25, 0.3) is 5.69 Å². The number of rotatable bonds is 14. The Kier molecular flexibility index (Phi) is 10.8. The van der Waals surface area contributed by atoms with E-state index in [0.717, 1.165) is 5.56 Å². The van der Waals surface area contributed by atoms with Gasteiger partial charge in [0, 0.05) is 55.5 Å². The van der Waals surface area contributed by atoms with E-state index in [9.17, 15) is 29.3 Å². The highest BCUT2D eigenvalue weighted by atomic mass is 16.6. The van der Waals surface area contributed by atoms with Crippen LogP contribution in [0.25, 0.3) is 11.2 Å². The first kappa shape index (κ1) is 38.3. The number of anilines is 1. The quantitative estimate of drug-likeness (QED) is 0.0910. The molecule has 1 saturated heterocycles. The lowest BCUT2D eigenvalue weighted by Crippen LogP contribution is -2.31. The normalized spacial score (nSPS) is 17.1. The van der Waals surface area contributed by atoms with Crippen LogP contribution in [0, 0.1) is 10.1 Å². The zero-order chi connectivity index (χ0) is 40.4. The largest absolute Gasteiger partial charge is 0.496 e. The van der Waals surface area contributed by atoms with Gasteiger partial charge in [-0.2, -0.15) is 9.97 Å². The Balaban J connectivity index is 1.23. The number of nitrogens with zero attached hydrogens (tertiary/aromatic N) is 5. The molecule has 3 heterocycles. The summed E-state index contributed by atoms with van der Waals surface area (Å²) in [7, 11) is 2.83. The molecule has 1 fully saturated rings. The summed E-state index contributed by atoms with van der Waals surface area (Å²) in [5, 5.41) is 14.3. The van der Waals surface area contributed by atoms with Gasteiger partial charge in [0.15, 0.2) is 22.7 Å². The van der Waals surface area contributed by atoms with E-state index in [0.29, 0.717) is 12.0 Å². The van der Waals surface area contributed by atoms with Crippen LogP contribution in [0.2, 0.25) is 0 Å². The Labute approximate surface area is 324 Å². The maximum absolute atomic E-state index is 13.8. The highest BCUT2D eigenvalue weighted by molar-refractivity contribution is 6.29. The molecule has 57 heavy (non-hydrogen) atoms. The first-order chi connectivity index (χ1) is 27.5. The summed E-state index contributed by atoms with van der Waals surface area (Å²) in [6, 6.07) is 14.2. The number of benzene rings is 3. The Bertz CT molecular complexity index is 2410. The van der Waals surface area contributed by atoms with Gasteiger partial charge in [0.2, 0.25) is 11.8 Å². The van der Waals surface area contributed by atoms with Gasteiger partial charge in [-0.15, -0.1) is 0 Å². The average Bonchev–Trinajstić information content (AvgIpc) is 3.81. The number of imidazole rings is 1. The van der Waals surface area contributed by atoms with E-state index in [1.807, 2.05) is 0 Å². The molecule has 0 spiro atoms. The number of methoxy groups -OCH3 is 2. The number of ketones is 2. The third kappa shape index (κ3) is 7.66. The predicted octanol–water partition coefficient (Wildman–Crippen LogP) is 4.54. The molecular formula is C39H36N6O12. The number of aromatic nitrogens is 4. The van der Waals surface area contributed by atoms with Crippen molar-refractivity contribution in [2.45, 2.75) is 51.7 Å². The van der Waals surface area contributed by atoms with Gasteiger partial charge >= 0.3 is 11.9 Å². The minimum absolute atomic E-state index is 0.0356. The summed E-state index contributed by atoms with van der Waals surface area (Å²) < 4.78 is 36.1. The van der Waals surface area contributed by atoms with Crippen molar-refractivity contribution in [1.82, 2.24) is 19.5 Å². The summed E-state index contributed by atoms with van der Waals surface area (Å²) in [4.78, 5) is 75.4. The molecule has 5 aromatic rings. The Morgan fingerprint density at radius 3 is 2.39 bits per heavy atom. The Morgan fingerprint density at radius 2 is 1.72 bits per heavy atom. The molecule has 0 unspecified atom stereocenters. The average molecular weight is 781 g/mol. The van der Waals surface area contributed by atoms with Crippen molar-refractivity contribution >= 4 is 46.3 Å². The van der Waals surface area contributed by atoms with E-state index in [-0.39, 0.29) is 100 Å². The van der Waals surface area contributed by atoms with Crippen LogP contribution in [-0.4, -0.2) is 87.6 Å². The fraction of sp³-hybridized carbons (Fsp3) is 0.308. The maximum Gasteiger partial charge on any atom is 0.303 e. The number of nitrogens with one attached hydrogen (secondary N) is 1. The van der Waals surface area contributed by atoms with Crippen molar-refractivity contribution in [2.75, 3.05) is 32.8 Å². The van der Waals surface area contributed by atoms with Gasteiger partial charge in [-0.3, -0.25) is 33.9 Å². The minimum Gasteiger partial charge on any atom is -0.496 e. The minimum atomic E-state index is -0.775. The SMILES string of the molecule is COc1cc2c(c(OC)c1CNc1nc(OCCc3ccc([N+](=O)[O-])cc3)c3ncn([C@H]4C[C@H](OC(C)=O)[C@@H](COC(C)=O)O4)c3n1)C(=O)c1ccccc1C2=O. The van der Waals surface area contributed by atoms with Crippen LogP contribution in [0.3, 0.4) is 0 Å². The van der Waals surface area contributed by atoms with Crippen molar-refractivity contribution in [2.24, 2.45) is 0 Å². The molecule has 7 rings (SSSR count). The highest BCUT2D eigenvalue weighted by Crippen LogP contribution is 2.41. The molecule has 0 radical (unpaired) electrons. The first-order valence-corrected chi connectivity index (χ1v) is 17.7. The molecule has 294 valence electrons. The molecule has 18 heteroatoms. The molecule has 1 aliphatic heterocycles. The molecule has 2 aliphatic rings.